The molecule has 0 radical (unpaired) electrons. The second kappa shape index (κ2) is 6.61. The zero-order valence-corrected chi connectivity index (χ0v) is 20.1. The van der Waals surface area contributed by atoms with Crippen LogP contribution in [0.4, 0.5) is 0 Å². The van der Waals surface area contributed by atoms with Crippen LogP contribution >= 0.6 is 0 Å². The van der Waals surface area contributed by atoms with Gasteiger partial charge in [-0.25, -0.2) is 0 Å². The lowest BCUT2D eigenvalue weighted by molar-refractivity contribution is 0.660. The van der Waals surface area contributed by atoms with E-state index in [1.54, 1.807) is 0 Å². The summed E-state index contributed by atoms with van der Waals surface area (Å²) < 4.78 is 2.32. The molecule has 164 valence electrons. The van der Waals surface area contributed by atoms with E-state index < -0.39 is 0 Å². The summed E-state index contributed by atoms with van der Waals surface area (Å²) in [5.74, 6) is 0. The molecule has 6 aromatic rings. The molecule has 0 N–H and O–H groups in total. The molecule has 0 fully saturated rings. The summed E-state index contributed by atoms with van der Waals surface area (Å²) in [5.41, 5.74) is 12.1. The average Bonchev–Trinajstić information content (AvgIpc) is 3.28. The highest BCUT2D eigenvalue weighted by Gasteiger charge is 2.37. The number of nitrogens with zero attached hydrogens (tertiary/aromatic N) is 1. The standard InChI is InChI=1S/C33H27N/c1-20-18-28-31(24-11-6-5-10-22(20)24)25-17-16-21(19-27(25)33(28,2)3)23-13-9-15-30-32(23)26-12-7-8-14-29(26)34(30)4/h5-19H,1-4H3. The second-order valence-electron chi connectivity index (χ2n) is 10.3. The highest BCUT2D eigenvalue weighted by atomic mass is 14.9. The molecule has 1 nitrogen and oxygen atoms in total. The van der Waals surface area contributed by atoms with Crippen LogP contribution in [0.5, 0.6) is 0 Å². The summed E-state index contributed by atoms with van der Waals surface area (Å²) in [6.07, 6.45) is 0. The van der Waals surface area contributed by atoms with E-state index in [9.17, 15) is 0 Å². The van der Waals surface area contributed by atoms with Gasteiger partial charge in [-0.3, -0.25) is 0 Å². The van der Waals surface area contributed by atoms with Gasteiger partial charge in [0.05, 0.1) is 0 Å². The molecule has 0 aliphatic heterocycles. The van der Waals surface area contributed by atoms with Crippen molar-refractivity contribution in [3.63, 3.8) is 0 Å². The van der Waals surface area contributed by atoms with E-state index in [1.807, 2.05) is 0 Å². The zero-order valence-electron chi connectivity index (χ0n) is 20.1. The Hall–Kier alpha value is -3.84. The highest BCUT2D eigenvalue weighted by molar-refractivity contribution is 6.15. The Balaban J connectivity index is 1.53. The van der Waals surface area contributed by atoms with E-state index in [4.69, 9.17) is 0 Å². The van der Waals surface area contributed by atoms with Gasteiger partial charge in [-0.2, -0.15) is 0 Å². The lowest BCUT2D eigenvalue weighted by atomic mass is 9.80. The number of aryl methyl sites for hydroxylation is 2. The molecule has 7 rings (SSSR count). The van der Waals surface area contributed by atoms with Crippen molar-refractivity contribution in [2.75, 3.05) is 0 Å². The molecule has 1 aliphatic carbocycles. The van der Waals surface area contributed by atoms with E-state index in [1.165, 1.54) is 71.5 Å². The number of aromatic nitrogens is 1. The van der Waals surface area contributed by atoms with Crippen LogP contribution in [0.15, 0.2) is 91.0 Å². The molecule has 5 aromatic carbocycles. The number of rotatable bonds is 1. The quantitative estimate of drug-likeness (QED) is 0.242. The fraction of sp³-hybridized carbons (Fsp3) is 0.152. The molecule has 34 heavy (non-hydrogen) atoms. The molecule has 1 heterocycles. The Labute approximate surface area is 200 Å². The van der Waals surface area contributed by atoms with Crippen molar-refractivity contribution < 1.29 is 0 Å². The van der Waals surface area contributed by atoms with Gasteiger partial charge in [0, 0.05) is 34.3 Å². The van der Waals surface area contributed by atoms with Crippen molar-refractivity contribution in [1.82, 2.24) is 4.57 Å². The summed E-state index contributed by atoms with van der Waals surface area (Å²) in [7, 11) is 2.17. The summed E-state index contributed by atoms with van der Waals surface area (Å²) >= 11 is 0. The van der Waals surface area contributed by atoms with Crippen molar-refractivity contribution in [1.29, 1.82) is 0 Å². The summed E-state index contributed by atoms with van der Waals surface area (Å²) in [6, 6.07) is 33.9. The van der Waals surface area contributed by atoms with Gasteiger partial charge in [0.25, 0.3) is 0 Å². The Bertz CT molecular complexity index is 1800. The van der Waals surface area contributed by atoms with Gasteiger partial charge < -0.3 is 4.57 Å². The molecule has 0 spiro atoms. The first-order valence-electron chi connectivity index (χ1n) is 12.1. The van der Waals surface area contributed by atoms with Gasteiger partial charge in [-0.15, -0.1) is 0 Å². The largest absolute Gasteiger partial charge is 0.344 e. The third kappa shape index (κ3) is 2.39. The van der Waals surface area contributed by atoms with Gasteiger partial charge in [0.2, 0.25) is 0 Å². The van der Waals surface area contributed by atoms with Gasteiger partial charge >= 0.3 is 0 Å². The van der Waals surface area contributed by atoms with Gasteiger partial charge in [0.15, 0.2) is 0 Å². The van der Waals surface area contributed by atoms with Crippen molar-refractivity contribution in [2.45, 2.75) is 26.2 Å². The normalized spacial score (nSPS) is 14.1. The number of hydrogen-bond donors (Lipinski definition) is 0. The molecule has 0 amide bonds. The van der Waals surface area contributed by atoms with Gasteiger partial charge in [-0.05, 0) is 74.8 Å². The van der Waals surface area contributed by atoms with Crippen molar-refractivity contribution in [3.8, 4) is 22.3 Å². The zero-order chi connectivity index (χ0) is 23.2. The molecule has 0 unspecified atom stereocenters. The predicted octanol–water partition coefficient (Wildman–Crippen LogP) is 8.77. The van der Waals surface area contributed by atoms with Crippen LogP contribution in [0.1, 0.15) is 30.5 Å². The van der Waals surface area contributed by atoms with Crippen LogP contribution in [-0.4, -0.2) is 4.57 Å². The summed E-state index contributed by atoms with van der Waals surface area (Å²) in [5, 5.41) is 5.39. The SMILES string of the molecule is Cc1cc2c(c3ccccc13)-c1ccc(-c3cccc4c3c3ccccc3n4C)cc1C2(C)C. The van der Waals surface area contributed by atoms with E-state index in [0.717, 1.165) is 0 Å². The first-order chi connectivity index (χ1) is 16.5. The molecule has 0 saturated heterocycles. The number of para-hydroxylation sites is 1. The van der Waals surface area contributed by atoms with Crippen molar-refractivity contribution in [2.24, 2.45) is 7.05 Å². The lowest BCUT2D eigenvalue weighted by Gasteiger charge is -2.23. The fourth-order valence-electron chi connectivity index (χ4n) is 6.38. The Morgan fingerprint density at radius 1 is 0.618 bits per heavy atom. The molecule has 1 aliphatic rings. The van der Waals surface area contributed by atoms with E-state index in [2.05, 4.69) is 123 Å². The molecule has 0 atom stereocenters. The fourth-order valence-corrected chi connectivity index (χ4v) is 6.38. The maximum Gasteiger partial charge on any atom is 0.0495 e. The molecular formula is C33H27N. The Morgan fingerprint density at radius 3 is 2.15 bits per heavy atom. The first kappa shape index (κ1) is 19.6. The predicted molar refractivity (Wildman–Crippen MR) is 146 cm³/mol. The smallest absolute Gasteiger partial charge is 0.0495 e. The minimum Gasteiger partial charge on any atom is -0.344 e. The molecule has 1 aromatic heterocycles. The third-order valence-electron chi connectivity index (χ3n) is 8.14. The van der Waals surface area contributed by atoms with E-state index in [-0.39, 0.29) is 5.41 Å². The van der Waals surface area contributed by atoms with E-state index in [0.29, 0.717) is 0 Å². The van der Waals surface area contributed by atoms with Crippen LogP contribution in [0.25, 0.3) is 54.8 Å². The lowest BCUT2D eigenvalue weighted by Crippen LogP contribution is -2.15. The Kier molecular flexibility index (Phi) is 3.81. The number of benzene rings is 5. The van der Waals surface area contributed by atoms with Crippen molar-refractivity contribution in [3.05, 3.63) is 108 Å². The second-order valence-corrected chi connectivity index (χ2v) is 10.3. The van der Waals surface area contributed by atoms with Crippen molar-refractivity contribution >= 4 is 32.6 Å². The van der Waals surface area contributed by atoms with Crippen LogP contribution < -0.4 is 0 Å². The van der Waals surface area contributed by atoms with Crippen LogP contribution in [0, 0.1) is 6.92 Å². The number of fused-ring (bicyclic) bond motifs is 8. The van der Waals surface area contributed by atoms with Crippen LogP contribution in [0.2, 0.25) is 0 Å². The minimum atomic E-state index is -0.0396. The Morgan fingerprint density at radius 2 is 1.32 bits per heavy atom. The van der Waals surface area contributed by atoms with Gasteiger partial charge in [0.1, 0.15) is 0 Å². The minimum absolute atomic E-state index is 0.0396. The first-order valence-corrected chi connectivity index (χ1v) is 12.1. The average molecular weight is 438 g/mol. The van der Waals surface area contributed by atoms with Crippen LogP contribution in [0.3, 0.4) is 0 Å². The topological polar surface area (TPSA) is 4.93 Å². The molecular weight excluding hydrogens is 410 g/mol. The summed E-state index contributed by atoms with van der Waals surface area (Å²) in [4.78, 5) is 0. The summed E-state index contributed by atoms with van der Waals surface area (Å²) in [6.45, 7) is 7.01. The highest BCUT2D eigenvalue weighted by Crippen LogP contribution is 2.53. The maximum absolute atomic E-state index is 2.45. The molecule has 0 saturated carbocycles. The third-order valence-corrected chi connectivity index (χ3v) is 8.14. The van der Waals surface area contributed by atoms with Crippen LogP contribution in [-0.2, 0) is 12.5 Å². The number of hydrogen-bond acceptors (Lipinski definition) is 0. The maximum atomic E-state index is 2.45. The van der Waals surface area contributed by atoms with Gasteiger partial charge in [-0.1, -0.05) is 86.6 Å². The monoisotopic (exact) mass is 437 g/mol. The molecule has 0 bridgehead atoms. The molecule has 1 heteroatoms. The van der Waals surface area contributed by atoms with E-state index >= 15 is 0 Å².